The minimum atomic E-state index is -0.677. The Morgan fingerprint density at radius 2 is 1.81 bits per heavy atom. The van der Waals surface area contributed by atoms with Crippen molar-refractivity contribution in [2.45, 2.75) is 27.7 Å². The number of esters is 1. The third kappa shape index (κ3) is 2.13. The van der Waals surface area contributed by atoms with E-state index in [0.29, 0.717) is 11.3 Å². The SMILES string of the molecule is CC.Cc1ccc2c(c1)C(=O)C(C)C(=O)O2. The van der Waals surface area contributed by atoms with Gasteiger partial charge in [0.25, 0.3) is 0 Å². The zero-order valence-corrected chi connectivity index (χ0v) is 10.0. The molecule has 1 atom stereocenters. The second-order valence-corrected chi connectivity index (χ2v) is 3.51. The van der Waals surface area contributed by atoms with Gasteiger partial charge in [0, 0.05) is 0 Å². The molecule has 0 bridgehead atoms. The second-order valence-electron chi connectivity index (χ2n) is 3.51. The molecule has 2 rings (SSSR count). The lowest BCUT2D eigenvalue weighted by molar-refractivity contribution is -0.137. The van der Waals surface area contributed by atoms with E-state index in [0.717, 1.165) is 5.56 Å². The maximum atomic E-state index is 11.7. The van der Waals surface area contributed by atoms with Crippen LogP contribution in [-0.2, 0) is 4.79 Å². The normalized spacial score (nSPS) is 18.1. The van der Waals surface area contributed by atoms with Gasteiger partial charge < -0.3 is 4.74 Å². The summed E-state index contributed by atoms with van der Waals surface area (Å²) in [6.45, 7) is 7.46. The molecular formula is C13H16O3. The van der Waals surface area contributed by atoms with Crippen LogP contribution in [0, 0.1) is 12.8 Å². The highest BCUT2D eigenvalue weighted by molar-refractivity contribution is 6.13. The van der Waals surface area contributed by atoms with Crippen molar-refractivity contribution in [2.24, 2.45) is 5.92 Å². The van der Waals surface area contributed by atoms with E-state index in [-0.39, 0.29) is 5.78 Å². The Labute approximate surface area is 95.4 Å². The summed E-state index contributed by atoms with van der Waals surface area (Å²) in [6.07, 6.45) is 0. The Hall–Kier alpha value is -1.64. The standard InChI is InChI=1S/C11H10O3.C2H6/c1-6-3-4-9-8(5-6)10(12)7(2)11(13)14-9;1-2/h3-5,7H,1-2H3;1-2H3. The maximum absolute atomic E-state index is 11.7. The molecule has 0 N–H and O–H groups in total. The molecule has 1 unspecified atom stereocenters. The number of carbonyl (C=O) groups is 2. The van der Waals surface area contributed by atoms with Gasteiger partial charge in [-0.05, 0) is 26.0 Å². The summed E-state index contributed by atoms with van der Waals surface area (Å²) in [5.41, 5.74) is 1.50. The van der Waals surface area contributed by atoms with Gasteiger partial charge in [-0.1, -0.05) is 25.5 Å². The number of hydrogen-bond acceptors (Lipinski definition) is 3. The van der Waals surface area contributed by atoms with E-state index in [1.54, 1.807) is 19.1 Å². The molecule has 16 heavy (non-hydrogen) atoms. The third-order valence-corrected chi connectivity index (χ3v) is 2.36. The molecule has 0 spiro atoms. The van der Waals surface area contributed by atoms with E-state index in [9.17, 15) is 9.59 Å². The van der Waals surface area contributed by atoms with Gasteiger partial charge in [0.05, 0.1) is 5.56 Å². The summed E-state index contributed by atoms with van der Waals surface area (Å²) < 4.78 is 5.01. The first-order valence-electron chi connectivity index (χ1n) is 5.46. The van der Waals surface area contributed by atoms with Gasteiger partial charge in [0.2, 0.25) is 0 Å². The van der Waals surface area contributed by atoms with Crippen molar-refractivity contribution in [1.29, 1.82) is 0 Å². The van der Waals surface area contributed by atoms with Crippen LogP contribution in [0.15, 0.2) is 18.2 Å². The number of carbonyl (C=O) groups excluding carboxylic acids is 2. The van der Waals surface area contributed by atoms with E-state index < -0.39 is 11.9 Å². The quantitative estimate of drug-likeness (QED) is 0.383. The van der Waals surface area contributed by atoms with Gasteiger partial charge in [-0.3, -0.25) is 9.59 Å². The highest BCUT2D eigenvalue weighted by Crippen LogP contribution is 2.28. The average molecular weight is 220 g/mol. The number of benzene rings is 1. The van der Waals surface area contributed by atoms with Crippen molar-refractivity contribution < 1.29 is 14.3 Å². The molecule has 0 aliphatic carbocycles. The second kappa shape index (κ2) is 4.92. The van der Waals surface area contributed by atoms with Crippen molar-refractivity contribution in [3.8, 4) is 5.75 Å². The number of ketones is 1. The van der Waals surface area contributed by atoms with Crippen LogP contribution in [0.3, 0.4) is 0 Å². The summed E-state index contributed by atoms with van der Waals surface area (Å²) in [6, 6.07) is 5.22. The van der Waals surface area contributed by atoms with E-state index in [1.807, 2.05) is 26.8 Å². The predicted octanol–water partition coefficient (Wildman–Crippen LogP) is 2.76. The first-order chi connectivity index (χ1) is 7.59. The van der Waals surface area contributed by atoms with Crippen LogP contribution in [0.1, 0.15) is 36.7 Å². The molecule has 1 aliphatic heterocycles. The van der Waals surface area contributed by atoms with Crippen LogP contribution in [0.25, 0.3) is 0 Å². The lowest BCUT2D eigenvalue weighted by Gasteiger charge is -2.19. The molecule has 0 amide bonds. The first kappa shape index (κ1) is 12.4. The van der Waals surface area contributed by atoms with Crippen LogP contribution in [0.2, 0.25) is 0 Å². The Bertz CT molecular complexity index is 421. The van der Waals surface area contributed by atoms with Crippen LogP contribution < -0.4 is 4.74 Å². The topological polar surface area (TPSA) is 43.4 Å². The summed E-state index contributed by atoms with van der Waals surface area (Å²) >= 11 is 0. The van der Waals surface area contributed by atoms with Gasteiger partial charge in [-0.25, -0.2) is 0 Å². The summed E-state index contributed by atoms with van der Waals surface area (Å²) in [7, 11) is 0. The Morgan fingerprint density at radius 3 is 2.44 bits per heavy atom. The van der Waals surface area contributed by atoms with E-state index in [1.165, 1.54) is 0 Å². The molecule has 1 heterocycles. The molecular weight excluding hydrogens is 204 g/mol. The smallest absolute Gasteiger partial charge is 0.321 e. The Balaban J connectivity index is 0.000000606. The molecule has 3 nitrogen and oxygen atoms in total. The predicted molar refractivity (Wildman–Crippen MR) is 61.7 cm³/mol. The van der Waals surface area contributed by atoms with Crippen LogP contribution in [-0.4, -0.2) is 11.8 Å². The molecule has 0 fully saturated rings. The maximum Gasteiger partial charge on any atom is 0.321 e. The molecule has 0 aromatic heterocycles. The Morgan fingerprint density at radius 1 is 1.19 bits per heavy atom. The highest BCUT2D eigenvalue weighted by Gasteiger charge is 2.32. The molecule has 0 saturated carbocycles. The monoisotopic (exact) mass is 220 g/mol. The average Bonchev–Trinajstić information content (AvgIpc) is 2.30. The lowest BCUT2D eigenvalue weighted by Crippen LogP contribution is -2.31. The number of fused-ring (bicyclic) bond motifs is 1. The summed E-state index contributed by atoms with van der Waals surface area (Å²) in [5.74, 6) is -0.917. The van der Waals surface area contributed by atoms with Gasteiger partial charge >= 0.3 is 5.97 Å². The summed E-state index contributed by atoms with van der Waals surface area (Å²) in [4.78, 5) is 22.9. The summed E-state index contributed by atoms with van der Waals surface area (Å²) in [5, 5.41) is 0. The fraction of sp³-hybridized carbons (Fsp3) is 0.385. The highest BCUT2D eigenvalue weighted by atomic mass is 16.5. The molecule has 1 aliphatic rings. The van der Waals surface area contributed by atoms with Gasteiger partial charge in [-0.15, -0.1) is 0 Å². The van der Waals surface area contributed by atoms with Crippen LogP contribution >= 0.6 is 0 Å². The fourth-order valence-electron chi connectivity index (χ4n) is 1.46. The molecule has 1 aromatic rings. The minimum Gasteiger partial charge on any atom is -0.425 e. The first-order valence-corrected chi connectivity index (χ1v) is 5.46. The number of hydrogen-bond donors (Lipinski definition) is 0. The zero-order chi connectivity index (χ0) is 12.3. The molecule has 86 valence electrons. The fourth-order valence-corrected chi connectivity index (χ4v) is 1.46. The van der Waals surface area contributed by atoms with E-state index >= 15 is 0 Å². The lowest BCUT2D eigenvalue weighted by atomic mass is 9.95. The van der Waals surface area contributed by atoms with Crippen molar-refractivity contribution >= 4 is 11.8 Å². The van der Waals surface area contributed by atoms with Crippen LogP contribution in [0.4, 0.5) is 0 Å². The number of rotatable bonds is 0. The van der Waals surface area contributed by atoms with Crippen LogP contribution in [0.5, 0.6) is 5.75 Å². The molecule has 3 heteroatoms. The largest absolute Gasteiger partial charge is 0.425 e. The zero-order valence-electron chi connectivity index (χ0n) is 10.0. The van der Waals surface area contributed by atoms with Gasteiger partial charge in [-0.2, -0.15) is 0 Å². The van der Waals surface area contributed by atoms with E-state index in [2.05, 4.69) is 0 Å². The molecule has 1 aromatic carbocycles. The van der Waals surface area contributed by atoms with Crippen molar-refractivity contribution in [3.63, 3.8) is 0 Å². The Kier molecular flexibility index (Phi) is 3.82. The third-order valence-electron chi connectivity index (χ3n) is 2.36. The minimum absolute atomic E-state index is 0.153. The molecule has 0 saturated heterocycles. The van der Waals surface area contributed by atoms with Crippen molar-refractivity contribution in [2.75, 3.05) is 0 Å². The number of aryl methyl sites for hydroxylation is 1. The number of Topliss-reactive ketones (excluding diaryl/α,β-unsaturated/α-hetero) is 1. The number of ether oxygens (including phenoxy) is 1. The molecule has 0 radical (unpaired) electrons. The van der Waals surface area contributed by atoms with Gasteiger partial charge in [0.15, 0.2) is 5.78 Å². The van der Waals surface area contributed by atoms with Gasteiger partial charge in [0.1, 0.15) is 11.7 Å². The van der Waals surface area contributed by atoms with Crippen molar-refractivity contribution in [3.05, 3.63) is 29.3 Å². The van der Waals surface area contributed by atoms with E-state index in [4.69, 9.17) is 4.74 Å². The van der Waals surface area contributed by atoms with Crippen molar-refractivity contribution in [1.82, 2.24) is 0 Å².